The average Bonchev–Trinajstić information content (AvgIpc) is 3.48. The zero-order valence-corrected chi connectivity index (χ0v) is 27.2. The first-order chi connectivity index (χ1) is 20.4. The Balaban J connectivity index is 1.77. The van der Waals surface area contributed by atoms with E-state index < -0.39 is 28.5 Å². The maximum atomic E-state index is 14.2. The van der Waals surface area contributed by atoms with Crippen molar-refractivity contribution in [3.05, 3.63) is 86.9 Å². The molecule has 8 nitrogen and oxygen atoms in total. The largest absolute Gasteiger partial charge is 0.495 e. The molecule has 0 bridgehead atoms. The van der Waals surface area contributed by atoms with Crippen LogP contribution in [-0.2, 0) is 26.2 Å². The lowest BCUT2D eigenvalue weighted by Gasteiger charge is -2.33. The molecule has 3 aromatic carbocycles. The highest BCUT2D eigenvalue weighted by Gasteiger charge is 2.35. The number of hydrogen-bond donors (Lipinski definition) is 1. The number of carbonyl (C=O) groups is 2. The molecule has 0 radical (unpaired) electrons. The van der Waals surface area contributed by atoms with Gasteiger partial charge < -0.3 is 15.0 Å². The van der Waals surface area contributed by atoms with Gasteiger partial charge >= 0.3 is 0 Å². The topological polar surface area (TPSA) is 96.0 Å². The second kappa shape index (κ2) is 14.2. The van der Waals surface area contributed by atoms with Crippen LogP contribution in [0.5, 0.6) is 5.75 Å². The normalized spacial score (nSPS) is 14.3. The molecule has 0 spiro atoms. The minimum Gasteiger partial charge on any atom is -0.495 e. The summed E-state index contributed by atoms with van der Waals surface area (Å²) in [5, 5.41) is 3.91. The van der Waals surface area contributed by atoms with Gasteiger partial charge in [-0.3, -0.25) is 13.9 Å². The number of halogens is 3. The Labute approximate surface area is 267 Å². The van der Waals surface area contributed by atoms with Crippen LogP contribution in [0.3, 0.4) is 0 Å². The van der Waals surface area contributed by atoms with Crippen molar-refractivity contribution in [2.45, 2.75) is 63.1 Å². The van der Waals surface area contributed by atoms with E-state index in [0.717, 1.165) is 35.6 Å². The van der Waals surface area contributed by atoms with Crippen molar-refractivity contribution < 1.29 is 22.7 Å². The smallest absolute Gasteiger partial charge is 0.264 e. The quantitative estimate of drug-likeness (QED) is 0.248. The number of rotatable bonds is 11. The maximum Gasteiger partial charge on any atom is 0.264 e. The Kier molecular flexibility index (Phi) is 10.9. The van der Waals surface area contributed by atoms with Crippen LogP contribution in [-0.4, -0.2) is 50.9 Å². The van der Waals surface area contributed by atoms with Gasteiger partial charge in [0.25, 0.3) is 10.0 Å². The Bertz CT molecular complexity index is 1560. The number of nitrogens with one attached hydrogen (secondary N) is 1. The van der Waals surface area contributed by atoms with Crippen LogP contribution in [0.4, 0.5) is 5.69 Å². The lowest BCUT2D eigenvalue weighted by atomic mass is 10.1. The van der Waals surface area contributed by atoms with Crippen molar-refractivity contribution >= 4 is 62.3 Å². The summed E-state index contributed by atoms with van der Waals surface area (Å²) in [5.74, 6) is -0.805. The summed E-state index contributed by atoms with van der Waals surface area (Å²) in [7, 11) is -2.91. The summed E-state index contributed by atoms with van der Waals surface area (Å²) in [6.45, 7) is 2.66. The number of amides is 2. The molecule has 12 heteroatoms. The number of sulfonamides is 1. The number of benzene rings is 3. The van der Waals surface area contributed by atoms with E-state index in [0.29, 0.717) is 15.6 Å². The van der Waals surface area contributed by atoms with Gasteiger partial charge in [0, 0.05) is 33.2 Å². The predicted octanol–water partition coefficient (Wildman–Crippen LogP) is 6.64. The van der Waals surface area contributed by atoms with Crippen LogP contribution in [0.2, 0.25) is 15.1 Å². The Hall–Kier alpha value is -2.98. The van der Waals surface area contributed by atoms with E-state index in [9.17, 15) is 18.0 Å². The molecule has 4 rings (SSSR count). The number of anilines is 1. The molecule has 0 unspecified atom stereocenters. The monoisotopic (exact) mass is 665 g/mol. The molecule has 1 aliphatic rings. The third-order valence-corrected chi connectivity index (χ3v) is 10.3. The molecular weight excluding hydrogens is 633 g/mol. The number of aryl methyl sites for hydroxylation is 1. The molecule has 1 N–H and O–H groups in total. The zero-order valence-electron chi connectivity index (χ0n) is 24.1. The fourth-order valence-electron chi connectivity index (χ4n) is 5.04. The van der Waals surface area contributed by atoms with Gasteiger partial charge in [0.05, 0.1) is 17.7 Å². The minimum atomic E-state index is -4.31. The lowest BCUT2D eigenvalue weighted by molar-refractivity contribution is -0.139. The number of methoxy groups -OCH3 is 1. The highest BCUT2D eigenvalue weighted by molar-refractivity contribution is 7.92. The summed E-state index contributed by atoms with van der Waals surface area (Å²) in [4.78, 5) is 28.9. The minimum absolute atomic E-state index is 0.0185. The van der Waals surface area contributed by atoms with Crippen LogP contribution < -0.4 is 14.4 Å². The van der Waals surface area contributed by atoms with E-state index in [-0.39, 0.29) is 39.8 Å². The molecule has 1 aliphatic carbocycles. The SMILES string of the molecule is COc1ccc(Cl)cc1N(CC(=O)N(Cc1c(Cl)cccc1Cl)[C@@H](C)C(=O)NC1CCCC1)S(=O)(=O)c1ccc(C)cc1. The molecule has 1 saturated carbocycles. The maximum absolute atomic E-state index is 14.2. The summed E-state index contributed by atoms with van der Waals surface area (Å²) in [6, 6.07) is 14.8. The first kappa shape index (κ1) is 32.9. The molecule has 230 valence electrons. The third kappa shape index (κ3) is 7.76. The first-order valence-electron chi connectivity index (χ1n) is 13.9. The standard InChI is InChI=1S/C31H34Cl3N3O5S/c1-20-11-14-24(15-12-20)43(40,41)37(28-17-22(32)13-16-29(28)42-3)19-30(38)36(18-25-26(33)9-6-10-27(25)34)21(2)31(39)35-23-7-4-5-8-23/h6,9-17,21,23H,4-5,7-8,18-19H2,1-3H3,(H,35,39)/t21-/m0/s1. The lowest BCUT2D eigenvalue weighted by Crippen LogP contribution is -2.52. The summed E-state index contributed by atoms with van der Waals surface area (Å²) < 4.78 is 34.7. The second-order valence-corrected chi connectivity index (χ2v) is 13.6. The van der Waals surface area contributed by atoms with Gasteiger partial charge in [-0.15, -0.1) is 0 Å². The van der Waals surface area contributed by atoms with Crippen molar-refractivity contribution in [3.8, 4) is 5.75 Å². The molecule has 0 aliphatic heterocycles. The predicted molar refractivity (Wildman–Crippen MR) is 171 cm³/mol. The van der Waals surface area contributed by atoms with E-state index in [1.54, 1.807) is 43.3 Å². The summed E-state index contributed by atoms with van der Waals surface area (Å²) >= 11 is 19.2. The second-order valence-electron chi connectivity index (χ2n) is 10.5. The zero-order chi connectivity index (χ0) is 31.3. The van der Waals surface area contributed by atoms with E-state index in [2.05, 4.69) is 5.32 Å². The highest BCUT2D eigenvalue weighted by Crippen LogP contribution is 2.35. The van der Waals surface area contributed by atoms with Gasteiger partial charge in [-0.2, -0.15) is 0 Å². The van der Waals surface area contributed by atoms with Gasteiger partial charge in [0.1, 0.15) is 18.3 Å². The van der Waals surface area contributed by atoms with Crippen molar-refractivity contribution in [2.24, 2.45) is 0 Å². The summed E-state index contributed by atoms with van der Waals surface area (Å²) in [6.07, 6.45) is 3.76. The van der Waals surface area contributed by atoms with Crippen LogP contribution >= 0.6 is 34.8 Å². The van der Waals surface area contributed by atoms with Crippen molar-refractivity contribution in [1.82, 2.24) is 10.2 Å². The van der Waals surface area contributed by atoms with E-state index in [1.807, 2.05) is 6.92 Å². The van der Waals surface area contributed by atoms with Gasteiger partial charge in [0.2, 0.25) is 11.8 Å². The van der Waals surface area contributed by atoms with Crippen molar-refractivity contribution in [2.75, 3.05) is 18.0 Å². The third-order valence-electron chi connectivity index (χ3n) is 7.56. The van der Waals surface area contributed by atoms with Gasteiger partial charge in [-0.1, -0.05) is 71.4 Å². The van der Waals surface area contributed by atoms with E-state index >= 15 is 0 Å². The number of nitrogens with zero attached hydrogens (tertiary/aromatic N) is 2. The molecule has 0 aromatic heterocycles. The molecule has 1 atom stereocenters. The van der Waals surface area contributed by atoms with Crippen LogP contribution in [0.1, 0.15) is 43.7 Å². The fourth-order valence-corrected chi connectivity index (χ4v) is 7.14. The van der Waals surface area contributed by atoms with Gasteiger partial charge in [0.15, 0.2) is 0 Å². The summed E-state index contributed by atoms with van der Waals surface area (Å²) in [5.41, 5.74) is 1.38. The number of carbonyl (C=O) groups excluding carboxylic acids is 2. The van der Waals surface area contributed by atoms with Crippen LogP contribution in [0, 0.1) is 6.92 Å². The molecule has 43 heavy (non-hydrogen) atoms. The van der Waals surface area contributed by atoms with E-state index in [1.165, 1.54) is 36.3 Å². The Morgan fingerprint density at radius 2 is 1.63 bits per heavy atom. The molecule has 3 aromatic rings. The highest BCUT2D eigenvalue weighted by atomic mass is 35.5. The number of hydrogen-bond acceptors (Lipinski definition) is 5. The van der Waals surface area contributed by atoms with Crippen molar-refractivity contribution in [1.29, 1.82) is 0 Å². The number of ether oxygens (including phenoxy) is 1. The Morgan fingerprint density at radius 3 is 2.23 bits per heavy atom. The molecule has 0 heterocycles. The first-order valence-corrected chi connectivity index (χ1v) is 16.5. The molecule has 0 saturated heterocycles. The van der Waals surface area contributed by atoms with Crippen LogP contribution in [0.15, 0.2) is 65.6 Å². The molecule has 1 fully saturated rings. The molecular formula is C31H34Cl3N3O5S. The van der Waals surface area contributed by atoms with Crippen molar-refractivity contribution in [3.63, 3.8) is 0 Å². The van der Waals surface area contributed by atoms with E-state index in [4.69, 9.17) is 39.5 Å². The van der Waals surface area contributed by atoms with Crippen LogP contribution in [0.25, 0.3) is 0 Å². The van der Waals surface area contributed by atoms with Gasteiger partial charge in [-0.25, -0.2) is 8.42 Å². The Morgan fingerprint density at radius 1 is 1.00 bits per heavy atom. The molecule has 2 amide bonds. The average molecular weight is 667 g/mol. The van der Waals surface area contributed by atoms with Gasteiger partial charge in [-0.05, 0) is 69.2 Å². The fraction of sp³-hybridized carbons (Fsp3) is 0.355.